The highest BCUT2D eigenvalue weighted by Crippen LogP contribution is 2.46. The van der Waals surface area contributed by atoms with E-state index < -0.39 is 0 Å². The van der Waals surface area contributed by atoms with Gasteiger partial charge in [-0.2, -0.15) is 0 Å². The molecule has 1 nitrogen and oxygen atoms in total. The zero-order valence-electron chi connectivity index (χ0n) is 14.8. The summed E-state index contributed by atoms with van der Waals surface area (Å²) in [6.45, 7) is 6.79. The molecule has 2 heteroatoms. The number of nitrogens with zero attached hydrogens (tertiary/aromatic N) is 1. The van der Waals surface area contributed by atoms with Crippen molar-refractivity contribution in [2.24, 2.45) is 0 Å². The third kappa shape index (κ3) is 4.94. The summed E-state index contributed by atoms with van der Waals surface area (Å²) in [7, 11) is 0. The van der Waals surface area contributed by atoms with Gasteiger partial charge >= 0.3 is 0 Å². The Hall–Kier alpha value is -1.12. The molecule has 128 valence electrons. The molecule has 1 fully saturated rings. The Labute approximate surface area is 155 Å². The van der Waals surface area contributed by atoms with Gasteiger partial charge in [-0.3, -0.25) is 4.90 Å². The fourth-order valence-corrected chi connectivity index (χ4v) is 3.97. The molecule has 0 aliphatic heterocycles. The smallest absolute Gasteiger partial charge is 0.0236 e. The second kappa shape index (κ2) is 8.31. The van der Waals surface area contributed by atoms with Crippen LogP contribution in [0.25, 0.3) is 0 Å². The molecule has 0 radical (unpaired) electrons. The summed E-state index contributed by atoms with van der Waals surface area (Å²) in [5, 5.41) is 0. The predicted octanol–water partition coefficient (Wildman–Crippen LogP) is 5.78. The van der Waals surface area contributed by atoms with Crippen molar-refractivity contribution >= 4 is 15.9 Å². The molecule has 0 amide bonds. The molecule has 1 saturated carbocycles. The minimum Gasteiger partial charge on any atom is -0.297 e. The van der Waals surface area contributed by atoms with Crippen LogP contribution in [0.15, 0.2) is 54.6 Å². The van der Waals surface area contributed by atoms with Gasteiger partial charge in [0.25, 0.3) is 0 Å². The van der Waals surface area contributed by atoms with Gasteiger partial charge in [-0.25, -0.2) is 0 Å². The molecule has 0 spiro atoms. The van der Waals surface area contributed by atoms with E-state index in [0.717, 1.165) is 19.0 Å². The van der Waals surface area contributed by atoms with Crippen molar-refractivity contribution in [3.8, 4) is 0 Å². The molecule has 2 atom stereocenters. The van der Waals surface area contributed by atoms with Crippen molar-refractivity contribution in [2.45, 2.75) is 56.4 Å². The summed E-state index contributed by atoms with van der Waals surface area (Å²) in [6, 6.07) is 20.7. The van der Waals surface area contributed by atoms with Crippen LogP contribution in [0.4, 0.5) is 0 Å². The fraction of sp³-hybridized carbons (Fsp3) is 0.455. The molecule has 0 aromatic heterocycles. The van der Waals surface area contributed by atoms with Gasteiger partial charge in [0.2, 0.25) is 0 Å². The SMILES string of the molecule is CC(C)N(CCCc1ccc(C2CC2Br)cc1)Cc1ccccc1. The molecule has 2 aromatic carbocycles. The molecule has 3 rings (SSSR count). The topological polar surface area (TPSA) is 3.24 Å². The quantitative estimate of drug-likeness (QED) is 0.520. The van der Waals surface area contributed by atoms with Crippen LogP contribution in [0.5, 0.6) is 0 Å². The van der Waals surface area contributed by atoms with E-state index in [2.05, 4.69) is 89.3 Å². The van der Waals surface area contributed by atoms with Crippen LogP contribution in [0.1, 0.15) is 49.3 Å². The van der Waals surface area contributed by atoms with Crippen LogP contribution in [-0.2, 0) is 13.0 Å². The van der Waals surface area contributed by atoms with E-state index in [-0.39, 0.29) is 0 Å². The molecule has 1 aliphatic rings. The van der Waals surface area contributed by atoms with Crippen molar-refractivity contribution in [1.29, 1.82) is 0 Å². The van der Waals surface area contributed by atoms with Crippen molar-refractivity contribution in [1.82, 2.24) is 4.90 Å². The van der Waals surface area contributed by atoms with Crippen LogP contribution in [0, 0.1) is 0 Å². The molecule has 2 aromatic rings. The van der Waals surface area contributed by atoms with Gasteiger partial charge in [0.1, 0.15) is 0 Å². The summed E-state index contributed by atoms with van der Waals surface area (Å²) in [5.74, 6) is 0.751. The van der Waals surface area contributed by atoms with Crippen molar-refractivity contribution in [2.75, 3.05) is 6.54 Å². The first-order valence-corrected chi connectivity index (χ1v) is 10.1. The summed E-state index contributed by atoms with van der Waals surface area (Å²) >= 11 is 3.70. The average molecular weight is 386 g/mol. The molecule has 2 unspecified atom stereocenters. The Morgan fingerprint density at radius 2 is 1.67 bits per heavy atom. The van der Waals surface area contributed by atoms with E-state index in [9.17, 15) is 0 Å². The van der Waals surface area contributed by atoms with Crippen molar-refractivity contribution < 1.29 is 0 Å². The Morgan fingerprint density at radius 1 is 1.00 bits per heavy atom. The van der Waals surface area contributed by atoms with Crippen molar-refractivity contribution in [3.05, 3.63) is 71.3 Å². The second-order valence-electron chi connectivity index (χ2n) is 7.25. The molecule has 0 N–H and O–H groups in total. The predicted molar refractivity (Wildman–Crippen MR) is 107 cm³/mol. The standard InChI is InChI=1S/C22H28BrN/c1-17(2)24(16-19-7-4-3-5-8-19)14-6-9-18-10-12-20(13-11-18)21-15-22(21)23/h3-5,7-8,10-13,17,21-22H,6,9,14-16H2,1-2H3. The number of halogens is 1. The molecule has 1 aliphatic carbocycles. The van der Waals surface area contributed by atoms with Crippen LogP contribution in [0.3, 0.4) is 0 Å². The van der Waals surface area contributed by atoms with Gasteiger partial charge in [-0.1, -0.05) is 70.5 Å². The fourth-order valence-electron chi connectivity index (χ4n) is 3.26. The summed E-state index contributed by atoms with van der Waals surface area (Å²) in [5.41, 5.74) is 4.37. The van der Waals surface area contributed by atoms with Crippen LogP contribution in [-0.4, -0.2) is 22.3 Å². The van der Waals surface area contributed by atoms with Gasteiger partial charge in [0.05, 0.1) is 0 Å². The van der Waals surface area contributed by atoms with Gasteiger partial charge in [0.15, 0.2) is 0 Å². The lowest BCUT2D eigenvalue weighted by Crippen LogP contribution is -2.31. The molecule has 0 bridgehead atoms. The first-order chi connectivity index (χ1) is 11.6. The largest absolute Gasteiger partial charge is 0.297 e. The van der Waals surface area contributed by atoms with Crippen LogP contribution >= 0.6 is 15.9 Å². The third-order valence-electron chi connectivity index (χ3n) is 4.99. The van der Waals surface area contributed by atoms with E-state index in [0.29, 0.717) is 10.9 Å². The summed E-state index contributed by atoms with van der Waals surface area (Å²) in [6.07, 6.45) is 3.68. The normalized spacial score (nSPS) is 19.9. The zero-order valence-corrected chi connectivity index (χ0v) is 16.4. The third-order valence-corrected chi connectivity index (χ3v) is 6.00. The lowest BCUT2D eigenvalue weighted by Gasteiger charge is -2.26. The maximum absolute atomic E-state index is 3.70. The minimum atomic E-state index is 0.582. The number of alkyl halides is 1. The van der Waals surface area contributed by atoms with Gasteiger partial charge in [0, 0.05) is 17.4 Å². The van der Waals surface area contributed by atoms with Crippen LogP contribution in [0.2, 0.25) is 0 Å². The van der Waals surface area contributed by atoms with E-state index in [4.69, 9.17) is 0 Å². The summed E-state index contributed by atoms with van der Waals surface area (Å²) < 4.78 is 0. The number of rotatable bonds is 8. The molecule has 0 saturated heterocycles. The lowest BCUT2D eigenvalue weighted by molar-refractivity contribution is 0.210. The highest BCUT2D eigenvalue weighted by Gasteiger charge is 2.35. The number of hydrogen-bond acceptors (Lipinski definition) is 1. The maximum atomic E-state index is 3.70. The highest BCUT2D eigenvalue weighted by molar-refractivity contribution is 9.09. The Kier molecular flexibility index (Phi) is 6.13. The van der Waals surface area contributed by atoms with Gasteiger partial charge < -0.3 is 0 Å². The van der Waals surface area contributed by atoms with Gasteiger partial charge in [-0.15, -0.1) is 0 Å². The molecular weight excluding hydrogens is 358 g/mol. The van der Waals surface area contributed by atoms with Gasteiger partial charge in [-0.05, 0) is 62.3 Å². The van der Waals surface area contributed by atoms with E-state index in [1.54, 1.807) is 0 Å². The van der Waals surface area contributed by atoms with Crippen LogP contribution < -0.4 is 0 Å². The number of benzene rings is 2. The molecule has 0 heterocycles. The lowest BCUT2D eigenvalue weighted by atomic mass is 10.0. The molecular formula is C22H28BrN. The Balaban J connectivity index is 1.48. The average Bonchev–Trinajstić information content (AvgIpc) is 3.32. The molecule has 24 heavy (non-hydrogen) atoms. The zero-order chi connectivity index (χ0) is 16.9. The maximum Gasteiger partial charge on any atom is 0.0236 e. The second-order valence-corrected chi connectivity index (χ2v) is 8.43. The number of aryl methyl sites for hydroxylation is 1. The Bertz CT molecular complexity index is 620. The van der Waals surface area contributed by atoms with E-state index in [1.165, 1.54) is 36.0 Å². The van der Waals surface area contributed by atoms with E-state index >= 15 is 0 Å². The monoisotopic (exact) mass is 385 g/mol. The number of hydrogen-bond donors (Lipinski definition) is 0. The van der Waals surface area contributed by atoms with E-state index in [1.807, 2.05) is 0 Å². The summed E-state index contributed by atoms with van der Waals surface area (Å²) in [4.78, 5) is 3.28. The first kappa shape index (κ1) is 17.7. The minimum absolute atomic E-state index is 0.582. The van der Waals surface area contributed by atoms with Crippen molar-refractivity contribution in [3.63, 3.8) is 0 Å². The highest BCUT2D eigenvalue weighted by atomic mass is 79.9. The first-order valence-electron chi connectivity index (χ1n) is 9.14. The Morgan fingerprint density at radius 3 is 2.25 bits per heavy atom.